The van der Waals surface area contributed by atoms with E-state index in [0.29, 0.717) is 5.16 Å². The van der Waals surface area contributed by atoms with Crippen molar-refractivity contribution in [1.29, 1.82) is 0 Å². The highest BCUT2D eigenvalue weighted by molar-refractivity contribution is 7.98. The van der Waals surface area contributed by atoms with E-state index in [-0.39, 0.29) is 0 Å². The summed E-state index contributed by atoms with van der Waals surface area (Å²) in [6.07, 6.45) is 0. The summed E-state index contributed by atoms with van der Waals surface area (Å²) in [5.41, 5.74) is 2.12. The highest BCUT2D eigenvalue weighted by Crippen LogP contribution is 2.24. The molecule has 0 radical (unpaired) electrons. The van der Waals surface area contributed by atoms with Crippen molar-refractivity contribution >= 4 is 23.4 Å². The van der Waals surface area contributed by atoms with Gasteiger partial charge in [0, 0.05) is 16.3 Å². The number of benzene rings is 2. The van der Waals surface area contributed by atoms with Crippen LogP contribution in [0.5, 0.6) is 5.75 Å². The van der Waals surface area contributed by atoms with Crippen LogP contribution >= 0.6 is 23.4 Å². The molecule has 112 valence electrons. The Labute approximate surface area is 137 Å². The minimum absolute atomic E-state index is 0.714. The van der Waals surface area contributed by atoms with E-state index < -0.39 is 0 Å². The van der Waals surface area contributed by atoms with Gasteiger partial charge in [-0.15, -0.1) is 5.10 Å². The van der Waals surface area contributed by atoms with Crippen LogP contribution < -0.4 is 4.74 Å². The van der Waals surface area contributed by atoms with E-state index in [4.69, 9.17) is 16.3 Å². The number of aromatic amines is 1. The van der Waals surface area contributed by atoms with Crippen LogP contribution in [0.4, 0.5) is 0 Å². The number of methoxy groups -OCH3 is 1. The molecule has 3 aromatic rings. The molecule has 0 atom stereocenters. The molecule has 1 N–H and O–H groups in total. The second-order valence-electron chi connectivity index (χ2n) is 4.61. The second-order valence-corrected chi connectivity index (χ2v) is 5.99. The van der Waals surface area contributed by atoms with E-state index in [9.17, 15) is 0 Å². The first-order valence-electron chi connectivity index (χ1n) is 6.68. The lowest BCUT2D eigenvalue weighted by Gasteiger charge is -2.00. The fraction of sp³-hybridized carbons (Fsp3) is 0.125. The summed E-state index contributed by atoms with van der Waals surface area (Å²) in [5.74, 6) is 2.34. The van der Waals surface area contributed by atoms with Crippen molar-refractivity contribution in [3.63, 3.8) is 0 Å². The highest BCUT2D eigenvalue weighted by atomic mass is 35.5. The number of halogens is 1. The van der Waals surface area contributed by atoms with Crippen LogP contribution in [0.15, 0.2) is 53.7 Å². The van der Waals surface area contributed by atoms with Crippen molar-refractivity contribution in [3.8, 4) is 17.1 Å². The SMILES string of the molecule is COc1ccc(-c2nc(SCc3cccc(Cl)c3)n[nH]2)cc1. The van der Waals surface area contributed by atoms with Gasteiger partial charge in [-0.1, -0.05) is 35.5 Å². The summed E-state index contributed by atoms with van der Waals surface area (Å²) in [5, 5.41) is 8.65. The smallest absolute Gasteiger partial charge is 0.209 e. The number of hydrogen-bond acceptors (Lipinski definition) is 4. The largest absolute Gasteiger partial charge is 0.497 e. The number of nitrogens with one attached hydrogen (secondary N) is 1. The van der Waals surface area contributed by atoms with Gasteiger partial charge in [-0.2, -0.15) is 0 Å². The van der Waals surface area contributed by atoms with Crippen molar-refractivity contribution in [2.45, 2.75) is 10.9 Å². The third-order valence-electron chi connectivity index (χ3n) is 3.09. The fourth-order valence-corrected chi connectivity index (χ4v) is 2.92. The number of nitrogens with zero attached hydrogens (tertiary/aromatic N) is 2. The molecule has 0 unspecified atom stereocenters. The molecule has 2 aromatic carbocycles. The van der Waals surface area contributed by atoms with Crippen LogP contribution in [0.1, 0.15) is 5.56 Å². The van der Waals surface area contributed by atoms with Crippen molar-refractivity contribution < 1.29 is 4.74 Å². The Kier molecular flexibility index (Phi) is 4.65. The summed E-state index contributed by atoms with van der Waals surface area (Å²) >= 11 is 7.55. The molecule has 0 saturated heterocycles. The Balaban J connectivity index is 1.68. The standard InChI is InChI=1S/C16H14ClN3OS/c1-21-14-7-5-12(6-8-14)15-18-16(20-19-15)22-10-11-3-2-4-13(17)9-11/h2-9H,10H2,1H3,(H,18,19,20). The van der Waals surface area contributed by atoms with Gasteiger partial charge in [0.05, 0.1) is 7.11 Å². The number of aromatic nitrogens is 3. The highest BCUT2D eigenvalue weighted by Gasteiger charge is 2.07. The third kappa shape index (κ3) is 3.61. The maximum Gasteiger partial charge on any atom is 0.209 e. The maximum atomic E-state index is 5.98. The van der Waals surface area contributed by atoms with E-state index in [1.54, 1.807) is 18.9 Å². The van der Waals surface area contributed by atoms with Crippen LogP contribution in [0.3, 0.4) is 0 Å². The molecule has 1 aromatic heterocycles. The Bertz CT molecular complexity index is 758. The molecular formula is C16H14ClN3OS. The van der Waals surface area contributed by atoms with Gasteiger partial charge in [-0.05, 0) is 42.0 Å². The molecule has 0 saturated carbocycles. The van der Waals surface area contributed by atoms with Gasteiger partial charge in [-0.25, -0.2) is 4.98 Å². The molecule has 3 rings (SSSR count). The molecule has 0 spiro atoms. The topological polar surface area (TPSA) is 50.8 Å². The van der Waals surface area contributed by atoms with E-state index >= 15 is 0 Å². The average Bonchev–Trinajstić information content (AvgIpc) is 3.02. The fourth-order valence-electron chi connectivity index (χ4n) is 1.96. The van der Waals surface area contributed by atoms with Crippen LogP contribution in [-0.2, 0) is 5.75 Å². The van der Waals surface area contributed by atoms with E-state index in [2.05, 4.69) is 15.2 Å². The minimum Gasteiger partial charge on any atom is -0.497 e. The maximum absolute atomic E-state index is 5.98. The number of hydrogen-bond donors (Lipinski definition) is 1. The molecule has 22 heavy (non-hydrogen) atoms. The van der Waals surface area contributed by atoms with Gasteiger partial charge >= 0.3 is 0 Å². The second kappa shape index (κ2) is 6.85. The number of thioether (sulfide) groups is 1. The number of ether oxygens (including phenoxy) is 1. The molecule has 0 aliphatic rings. The molecule has 0 aliphatic carbocycles. The van der Waals surface area contributed by atoms with Crippen LogP contribution in [0.25, 0.3) is 11.4 Å². The predicted molar refractivity (Wildman–Crippen MR) is 89.4 cm³/mol. The first-order valence-corrected chi connectivity index (χ1v) is 8.05. The summed E-state index contributed by atoms with van der Waals surface area (Å²) in [6, 6.07) is 15.5. The van der Waals surface area contributed by atoms with E-state index in [1.165, 1.54) is 0 Å². The predicted octanol–water partition coefficient (Wildman–Crippen LogP) is 4.43. The summed E-state index contributed by atoms with van der Waals surface area (Å²) < 4.78 is 5.15. The quantitative estimate of drug-likeness (QED) is 0.703. The number of H-pyrrole nitrogens is 1. The lowest BCUT2D eigenvalue weighted by molar-refractivity contribution is 0.415. The summed E-state index contributed by atoms with van der Waals surface area (Å²) in [7, 11) is 1.65. The molecule has 0 fully saturated rings. The van der Waals surface area contributed by atoms with Crippen LogP contribution in [-0.4, -0.2) is 22.3 Å². The zero-order valence-electron chi connectivity index (χ0n) is 11.9. The van der Waals surface area contributed by atoms with Crippen molar-refractivity contribution in [3.05, 3.63) is 59.1 Å². The first kappa shape index (κ1) is 14.9. The van der Waals surface area contributed by atoms with Gasteiger partial charge < -0.3 is 4.74 Å². The van der Waals surface area contributed by atoms with E-state index in [0.717, 1.165) is 33.5 Å². The Morgan fingerprint density at radius 1 is 1.18 bits per heavy atom. The average molecular weight is 332 g/mol. The zero-order valence-corrected chi connectivity index (χ0v) is 13.5. The van der Waals surface area contributed by atoms with Gasteiger partial charge in [-0.3, -0.25) is 5.10 Å². The Morgan fingerprint density at radius 3 is 2.73 bits per heavy atom. The van der Waals surface area contributed by atoms with Crippen LogP contribution in [0, 0.1) is 0 Å². The van der Waals surface area contributed by atoms with Crippen molar-refractivity contribution in [1.82, 2.24) is 15.2 Å². The van der Waals surface area contributed by atoms with Crippen molar-refractivity contribution in [2.75, 3.05) is 7.11 Å². The molecule has 0 amide bonds. The molecule has 0 bridgehead atoms. The van der Waals surface area contributed by atoms with Gasteiger partial charge in [0.2, 0.25) is 5.16 Å². The summed E-state index contributed by atoms with van der Waals surface area (Å²) in [4.78, 5) is 4.50. The zero-order chi connectivity index (χ0) is 15.4. The Hall–Kier alpha value is -1.98. The van der Waals surface area contributed by atoms with Gasteiger partial charge in [0.1, 0.15) is 5.75 Å². The number of rotatable bonds is 5. The normalized spacial score (nSPS) is 10.6. The minimum atomic E-state index is 0.714. The lowest BCUT2D eigenvalue weighted by Crippen LogP contribution is -1.84. The molecule has 4 nitrogen and oxygen atoms in total. The Morgan fingerprint density at radius 2 is 2.00 bits per heavy atom. The van der Waals surface area contributed by atoms with Gasteiger partial charge in [0.25, 0.3) is 0 Å². The first-order chi connectivity index (χ1) is 10.7. The lowest BCUT2D eigenvalue weighted by atomic mass is 10.2. The molecule has 6 heteroatoms. The molecular weight excluding hydrogens is 318 g/mol. The molecule has 1 heterocycles. The molecule has 0 aliphatic heterocycles. The van der Waals surface area contributed by atoms with Crippen molar-refractivity contribution in [2.24, 2.45) is 0 Å². The third-order valence-corrected chi connectivity index (χ3v) is 4.24. The summed E-state index contributed by atoms with van der Waals surface area (Å²) in [6.45, 7) is 0. The monoisotopic (exact) mass is 331 g/mol. The van der Waals surface area contributed by atoms with Gasteiger partial charge in [0.15, 0.2) is 5.82 Å². The van der Waals surface area contributed by atoms with Crippen LogP contribution in [0.2, 0.25) is 5.02 Å². The van der Waals surface area contributed by atoms with E-state index in [1.807, 2.05) is 48.5 Å².